The predicted molar refractivity (Wildman–Crippen MR) is 79.2 cm³/mol. The van der Waals surface area contributed by atoms with Crippen LogP contribution < -0.4 is 0 Å². The van der Waals surface area contributed by atoms with Crippen LogP contribution >= 0.6 is 11.3 Å². The van der Waals surface area contributed by atoms with Crippen LogP contribution in [0.2, 0.25) is 0 Å². The van der Waals surface area contributed by atoms with Crippen molar-refractivity contribution in [2.75, 3.05) is 7.11 Å². The van der Waals surface area contributed by atoms with Crippen molar-refractivity contribution < 1.29 is 13.9 Å². The van der Waals surface area contributed by atoms with Crippen LogP contribution in [0.1, 0.15) is 48.8 Å². The standard InChI is InChI=1S/C15H19NO3S/c1-6-9-7-8-10(20-9)13-16-12(15(2,3)4)11(19-13)14(17)18-5/h7-8H,6H2,1-5H3. The number of ether oxygens (including phenoxy) is 1. The molecule has 0 aliphatic rings. The highest BCUT2D eigenvalue weighted by atomic mass is 32.1. The lowest BCUT2D eigenvalue weighted by atomic mass is 9.91. The molecule has 0 saturated carbocycles. The quantitative estimate of drug-likeness (QED) is 0.801. The minimum absolute atomic E-state index is 0.196. The summed E-state index contributed by atoms with van der Waals surface area (Å²) in [5.74, 6) is 0.197. The smallest absolute Gasteiger partial charge is 0.376 e. The number of aryl methyl sites for hydroxylation is 1. The van der Waals surface area contributed by atoms with Crippen molar-refractivity contribution in [2.45, 2.75) is 39.5 Å². The van der Waals surface area contributed by atoms with Gasteiger partial charge in [-0.3, -0.25) is 0 Å². The minimum Gasteiger partial charge on any atom is -0.463 e. The van der Waals surface area contributed by atoms with E-state index in [1.165, 1.54) is 12.0 Å². The average molecular weight is 293 g/mol. The van der Waals surface area contributed by atoms with E-state index in [1.54, 1.807) is 11.3 Å². The molecular formula is C15H19NO3S. The molecule has 0 amide bonds. The first-order valence-corrected chi connectivity index (χ1v) is 7.37. The maximum Gasteiger partial charge on any atom is 0.376 e. The molecule has 2 rings (SSSR count). The molecule has 0 atom stereocenters. The van der Waals surface area contributed by atoms with Gasteiger partial charge in [0, 0.05) is 10.3 Å². The number of thiophene rings is 1. The number of oxazole rings is 1. The normalized spacial score (nSPS) is 11.7. The zero-order chi connectivity index (χ0) is 14.9. The summed E-state index contributed by atoms with van der Waals surface area (Å²) in [6, 6.07) is 4.03. The van der Waals surface area contributed by atoms with E-state index in [2.05, 4.69) is 18.0 Å². The Morgan fingerprint density at radius 3 is 2.60 bits per heavy atom. The number of carbonyl (C=O) groups excluding carboxylic acids is 1. The Bertz CT molecular complexity index is 619. The predicted octanol–water partition coefficient (Wildman–Crippen LogP) is 4.05. The molecule has 2 heterocycles. The molecule has 2 aromatic rings. The minimum atomic E-state index is -0.485. The molecule has 2 aromatic heterocycles. The van der Waals surface area contributed by atoms with Crippen molar-refractivity contribution in [1.82, 2.24) is 4.98 Å². The van der Waals surface area contributed by atoms with E-state index < -0.39 is 5.97 Å². The topological polar surface area (TPSA) is 52.3 Å². The number of methoxy groups -OCH3 is 1. The molecule has 108 valence electrons. The Morgan fingerprint density at radius 1 is 1.40 bits per heavy atom. The summed E-state index contributed by atoms with van der Waals surface area (Å²) in [5, 5.41) is 0. The monoisotopic (exact) mass is 293 g/mol. The van der Waals surface area contributed by atoms with E-state index in [1.807, 2.05) is 26.8 Å². The largest absolute Gasteiger partial charge is 0.463 e. The van der Waals surface area contributed by atoms with Crippen LogP contribution in [0, 0.1) is 0 Å². The van der Waals surface area contributed by atoms with Crippen LogP contribution in [0.4, 0.5) is 0 Å². The number of nitrogens with zero attached hydrogens (tertiary/aromatic N) is 1. The summed E-state index contributed by atoms with van der Waals surface area (Å²) in [6.45, 7) is 8.08. The second-order valence-electron chi connectivity index (χ2n) is 5.56. The fourth-order valence-corrected chi connectivity index (χ4v) is 2.72. The first-order valence-electron chi connectivity index (χ1n) is 6.55. The molecule has 0 aliphatic carbocycles. The Labute approximate surface area is 122 Å². The third kappa shape index (κ3) is 2.77. The molecule has 5 heteroatoms. The van der Waals surface area contributed by atoms with Gasteiger partial charge in [0.1, 0.15) is 5.69 Å². The molecule has 0 fully saturated rings. The Morgan fingerprint density at radius 2 is 2.10 bits per heavy atom. The fourth-order valence-electron chi connectivity index (χ4n) is 1.85. The highest BCUT2D eigenvalue weighted by molar-refractivity contribution is 7.15. The molecule has 4 nitrogen and oxygen atoms in total. The molecule has 0 bridgehead atoms. The number of aromatic nitrogens is 1. The number of esters is 1. The number of rotatable bonds is 3. The van der Waals surface area contributed by atoms with Gasteiger partial charge in [-0.25, -0.2) is 9.78 Å². The zero-order valence-corrected chi connectivity index (χ0v) is 13.3. The third-order valence-corrected chi connectivity index (χ3v) is 4.15. The van der Waals surface area contributed by atoms with E-state index in [0.29, 0.717) is 11.6 Å². The van der Waals surface area contributed by atoms with Gasteiger partial charge in [0.05, 0.1) is 12.0 Å². The highest BCUT2D eigenvalue weighted by Crippen LogP contribution is 2.33. The lowest BCUT2D eigenvalue weighted by molar-refractivity contribution is 0.0562. The summed E-state index contributed by atoms with van der Waals surface area (Å²) in [6.07, 6.45) is 0.974. The van der Waals surface area contributed by atoms with E-state index in [0.717, 1.165) is 11.3 Å². The molecule has 0 aliphatic heterocycles. The van der Waals surface area contributed by atoms with E-state index in [-0.39, 0.29) is 11.2 Å². The van der Waals surface area contributed by atoms with Crippen LogP contribution in [0.15, 0.2) is 16.5 Å². The fraction of sp³-hybridized carbons (Fsp3) is 0.467. The van der Waals surface area contributed by atoms with Crippen molar-refractivity contribution in [2.24, 2.45) is 0 Å². The molecule has 0 aromatic carbocycles. The van der Waals surface area contributed by atoms with Gasteiger partial charge in [0.15, 0.2) is 0 Å². The van der Waals surface area contributed by atoms with Crippen LogP contribution in [0.25, 0.3) is 10.8 Å². The van der Waals surface area contributed by atoms with Gasteiger partial charge >= 0.3 is 5.97 Å². The Balaban J connectivity index is 2.51. The van der Waals surface area contributed by atoms with Gasteiger partial charge in [-0.2, -0.15) is 0 Å². The average Bonchev–Trinajstić information content (AvgIpc) is 3.02. The van der Waals surface area contributed by atoms with Crippen molar-refractivity contribution in [3.05, 3.63) is 28.5 Å². The molecule has 0 saturated heterocycles. The maximum atomic E-state index is 11.8. The number of hydrogen-bond donors (Lipinski definition) is 0. The molecule has 20 heavy (non-hydrogen) atoms. The van der Waals surface area contributed by atoms with Gasteiger partial charge in [0.2, 0.25) is 11.7 Å². The third-order valence-electron chi connectivity index (χ3n) is 2.93. The SMILES string of the molecule is CCc1ccc(-c2nc(C(C)(C)C)c(C(=O)OC)o2)s1. The summed E-state index contributed by atoms with van der Waals surface area (Å²) in [7, 11) is 1.34. The van der Waals surface area contributed by atoms with Gasteiger partial charge in [0.25, 0.3) is 0 Å². The maximum absolute atomic E-state index is 11.8. The number of carbonyl (C=O) groups is 1. The molecular weight excluding hydrogens is 274 g/mol. The second-order valence-corrected chi connectivity index (χ2v) is 6.73. The van der Waals surface area contributed by atoms with Gasteiger partial charge in [-0.15, -0.1) is 11.3 Å². The summed E-state index contributed by atoms with van der Waals surface area (Å²) in [4.78, 5) is 18.5. The van der Waals surface area contributed by atoms with Gasteiger partial charge < -0.3 is 9.15 Å². The van der Waals surface area contributed by atoms with Crippen molar-refractivity contribution in [3.8, 4) is 10.8 Å². The lowest BCUT2D eigenvalue weighted by Gasteiger charge is -2.15. The molecule has 0 radical (unpaired) electrons. The van der Waals surface area contributed by atoms with Crippen LogP contribution in [-0.2, 0) is 16.6 Å². The van der Waals surface area contributed by atoms with Crippen LogP contribution in [-0.4, -0.2) is 18.1 Å². The molecule has 0 spiro atoms. The molecule has 0 unspecified atom stereocenters. The first-order chi connectivity index (χ1) is 9.36. The number of hydrogen-bond acceptors (Lipinski definition) is 5. The van der Waals surface area contributed by atoms with Gasteiger partial charge in [-0.1, -0.05) is 27.7 Å². The van der Waals surface area contributed by atoms with E-state index in [9.17, 15) is 4.79 Å². The summed E-state index contributed by atoms with van der Waals surface area (Å²) >= 11 is 1.63. The van der Waals surface area contributed by atoms with Crippen molar-refractivity contribution in [3.63, 3.8) is 0 Å². The van der Waals surface area contributed by atoms with Crippen molar-refractivity contribution in [1.29, 1.82) is 0 Å². The molecule has 0 N–H and O–H groups in total. The Kier molecular flexibility index (Phi) is 3.99. The van der Waals surface area contributed by atoms with E-state index >= 15 is 0 Å². The van der Waals surface area contributed by atoms with Crippen molar-refractivity contribution >= 4 is 17.3 Å². The zero-order valence-electron chi connectivity index (χ0n) is 12.4. The highest BCUT2D eigenvalue weighted by Gasteiger charge is 2.30. The second kappa shape index (κ2) is 5.40. The summed E-state index contributed by atoms with van der Waals surface area (Å²) in [5.41, 5.74) is 0.349. The van der Waals surface area contributed by atoms with Gasteiger partial charge in [-0.05, 0) is 18.6 Å². The first kappa shape index (κ1) is 14.8. The van der Waals surface area contributed by atoms with Crippen LogP contribution in [0.5, 0.6) is 0 Å². The Hall–Kier alpha value is -1.62. The lowest BCUT2D eigenvalue weighted by Crippen LogP contribution is -2.17. The van der Waals surface area contributed by atoms with E-state index in [4.69, 9.17) is 9.15 Å². The summed E-state index contributed by atoms with van der Waals surface area (Å²) < 4.78 is 10.4. The van der Waals surface area contributed by atoms with Crippen LogP contribution in [0.3, 0.4) is 0 Å².